The molecule has 0 aliphatic carbocycles. The summed E-state index contributed by atoms with van der Waals surface area (Å²) >= 11 is 0. The van der Waals surface area contributed by atoms with Crippen molar-refractivity contribution in [2.75, 3.05) is 6.61 Å². The number of nitrogens with one attached hydrogen (secondary N) is 2. The van der Waals surface area contributed by atoms with Crippen LogP contribution in [0.25, 0.3) is 21.5 Å². The van der Waals surface area contributed by atoms with E-state index in [1.807, 2.05) is 60.7 Å². The van der Waals surface area contributed by atoms with Crippen molar-refractivity contribution >= 4 is 33.4 Å². The summed E-state index contributed by atoms with van der Waals surface area (Å²) in [6, 6.07) is 23.8. The number of phenols is 1. The van der Waals surface area contributed by atoms with Gasteiger partial charge in [0.1, 0.15) is 11.5 Å². The van der Waals surface area contributed by atoms with E-state index >= 15 is 0 Å². The molecule has 6 nitrogen and oxygen atoms in total. The Bertz CT molecular complexity index is 1220. The number of phenolic OH excluding ortho intramolecular Hbond substituents is 1. The highest BCUT2D eigenvalue weighted by molar-refractivity contribution is 6.02. The van der Waals surface area contributed by atoms with Crippen LogP contribution in [-0.2, 0) is 4.79 Å². The molecule has 6 heteroatoms. The van der Waals surface area contributed by atoms with Crippen molar-refractivity contribution in [2.24, 2.45) is 0 Å². The number of amides is 2. The molecule has 0 spiro atoms. The standard InChI is InChI=1S/C23H18N2O4/c26-21-13-18-8-4-3-7-17(18)12-20(21)23(28)25-24-22(27)14-29-19-10-9-15-5-1-2-6-16(15)11-19/h1-13,26H,14H2,(H,24,27)(H,25,28). The first-order valence-corrected chi connectivity index (χ1v) is 9.03. The second-order valence-corrected chi connectivity index (χ2v) is 6.52. The lowest BCUT2D eigenvalue weighted by Crippen LogP contribution is -2.43. The summed E-state index contributed by atoms with van der Waals surface area (Å²) in [7, 11) is 0. The number of hydrazine groups is 1. The van der Waals surface area contributed by atoms with Gasteiger partial charge in [0.25, 0.3) is 11.8 Å². The highest BCUT2D eigenvalue weighted by Crippen LogP contribution is 2.24. The first-order chi connectivity index (χ1) is 14.1. The molecule has 0 heterocycles. The third-order valence-electron chi connectivity index (χ3n) is 4.51. The maximum absolute atomic E-state index is 12.3. The Morgan fingerprint density at radius 3 is 2.10 bits per heavy atom. The highest BCUT2D eigenvalue weighted by Gasteiger charge is 2.13. The lowest BCUT2D eigenvalue weighted by molar-refractivity contribution is -0.123. The summed E-state index contributed by atoms with van der Waals surface area (Å²) in [5.41, 5.74) is 4.65. The van der Waals surface area contributed by atoms with Crippen LogP contribution in [0.3, 0.4) is 0 Å². The first kappa shape index (κ1) is 18.3. The van der Waals surface area contributed by atoms with Crippen molar-refractivity contribution in [3.63, 3.8) is 0 Å². The Hall–Kier alpha value is -4.06. The highest BCUT2D eigenvalue weighted by atomic mass is 16.5. The zero-order chi connectivity index (χ0) is 20.2. The van der Waals surface area contributed by atoms with E-state index in [1.54, 1.807) is 12.1 Å². The normalized spacial score (nSPS) is 10.6. The molecule has 4 rings (SSSR count). The minimum Gasteiger partial charge on any atom is -0.507 e. The van der Waals surface area contributed by atoms with E-state index in [2.05, 4.69) is 10.9 Å². The fourth-order valence-corrected chi connectivity index (χ4v) is 3.05. The van der Waals surface area contributed by atoms with Crippen LogP contribution in [0.15, 0.2) is 78.9 Å². The number of benzene rings is 4. The molecule has 144 valence electrons. The van der Waals surface area contributed by atoms with Crippen LogP contribution in [0.2, 0.25) is 0 Å². The van der Waals surface area contributed by atoms with E-state index in [1.165, 1.54) is 6.07 Å². The van der Waals surface area contributed by atoms with Crippen LogP contribution >= 0.6 is 0 Å². The second-order valence-electron chi connectivity index (χ2n) is 6.52. The van der Waals surface area contributed by atoms with Gasteiger partial charge in [-0.3, -0.25) is 20.4 Å². The molecule has 0 saturated heterocycles. The molecule has 0 fully saturated rings. The van der Waals surface area contributed by atoms with E-state index in [4.69, 9.17) is 4.74 Å². The Balaban J connectivity index is 1.35. The maximum atomic E-state index is 12.3. The van der Waals surface area contributed by atoms with Gasteiger partial charge < -0.3 is 9.84 Å². The number of carbonyl (C=O) groups is 2. The van der Waals surface area contributed by atoms with Gasteiger partial charge in [0.2, 0.25) is 0 Å². The van der Waals surface area contributed by atoms with Gasteiger partial charge in [-0.05, 0) is 45.8 Å². The molecule has 3 N–H and O–H groups in total. The molecular formula is C23H18N2O4. The van der Waals surface area contributed by atoms with Crippen molar-refractivity contribution in [1.29, 1.82) is 0 Å². The van der Waals surface area contributed by atoms with E-state index < -0.39 is 11.8 Å². The third-order valence-corrected chi connectivity index (χ3v) is 4.51. The predicted molar refractivity (Wildman–Crippen MR) is 111 cm³/mol. The van der Waals surface area contributed by atoms with E-state index in [9.17, 15) is 14.7 Å². The molecule has 0 aliphatic heterocycles. The van der Waals surface area contributed by atoms with E-state index in [-0.39, 0.29) is 17.9 Å². The molecule has 0 aromatic heterocycles. The molecule has 0 atom stereocenters. The van der Waals surface area contributed by atoms with Crippen LogP contribution < -0.4 is 15.6 Å². The number of carbonyl (C=O) groups excluding carboxylic acids is 2. The Labute approximate surface area is 166 Å². The Morgan fingerprint density at radius 1 is 0.759 bits per heavy atom. The van der Waals surface area contributed by atoms with Gasteiger partial charge in [0.15, 0.2) is 6.61 Å². The van der Waals surface area contributed by atoms with Gasteiger partial charge in [-0.25, -0.2) is 0 Å². The summed E-state index contributed by atoms with van der Waals surface area (Å²) in [6.07, 6.45) is 0. The lowest BCUT2D eigenvalue weighted by atomic mass is 10.1. The van der Waals surface area contributed by atoms with E-state index in [0.29, 0.717) is 5.75 Å². The van der Waals surface area contributed by atoms with Gasteiger partial charge in [0.05, 0.1) is 5.56 Å². The zero-order valence-corrected chi connectivity index (χ0v) is 15.4. The van der Waals surface area contributed by atoms with Crippen molar-refractivity contribution < 1.29 is 19.4 Å². The summed E-state index contributed by atoms with van der Waals surface area (Å²) in [6.45, 7) is -0.262. The summed E-state index contributed by atoms with van der Waals surface area (Å²) in [4.78, 5) is 24.3. The SMILES string of the molecule is O=C(COc1ccc2ccccc2c1)NNC(=O)c1cc2ccccc2cc1O. The molecule has 0 aliphatic rings. The minimum atomic E-state index is -0.618. The molecule has 4 aromatic rings. The molecule has 0 radical (unpaired) electrons. The number of ether oxygens (including phenoxy) is 1. The van der Waals surface area contributed by atoms with Crippen LogP contribution in [0.5, 0.6) is 11.5 Å². The average molecular weight is 386 g/mol. The monoisotopic (exact) mass is 386 g/mol. The molecule has 2 amide bonds. The Morgan fingerprint density at radius 2 is 1.38 bits per heavy atom. The summed E-state index contributed by atoms with van der Waals surface area (Å²) in [5.74, 6) is -0.751. The lowest BCUT2D eigenvalue weighted by Gasteiger charge is -2.11. The second kappa shape index (κ2) is 7.90. The van der Waals surface area contributed by atoms with Gasteiger partial charge >= 0.3 is 0 Å². The topological polar surface area (TPSA) is 87.7 Å². The summed E-state index contributed by atoms with van der Waals surface area (Å²) in [5, 5.41) is 13.8. The molecule has 0 unspecified atom stereocenters. The number of rotatable bonds is 4. The third kappa shape index (κ3) is 4.11. The minimum absolute atomic E-state index is 0.0689. The van der Waals surface area contributed by atoms with Crippen LogP contribution in [0.4, 0.5) is 0 Å². The van der Waals surface area contributed by atoms with Crippen molar-refractivity contribution in [3.8, 4) is 11.5 Å². The van der Waals surface area contributed by atoms with Gasteiger partial charge in [-0.15, -0.1) is 0 Å². The average Bonchev–Trinajstić information content (AvgIpc) is 2.75. The molecule has 0 saturated carbocycles. The molecular weight excluding hydrogens is 368 g/mol. The predicted octanol–water partition coefficient (Wildman–Crippen LogP) is 3.54. The number of aromatic hydroxyl groups is 1. The first-order valence-electron chi connectivity index (χ1n) is 9.03. The Kier molecular flexibility index (Phi) is 4.99. The fourth-order valence-electron chi connectivity index (χ4n) is 3.05. The van der Waals surface area contributed by atoms with Gasteiger partial charge in [0, 0.05) is 0 Å². The quantitative estimate of drug-likeness (QED) is 0.468. The molecule has 0 bridgehead atoms. The number of hydrogen-bond donors (Lipinski definition) is 3. The van der Waals surface area contributed by atoms with Gasteiger partial charge in [-0.1, -0.05) is 54.6 Å². The number of fused-ring (bicyclic) bond motifs is 2. The molecule has 29 heavy (non-hydrogen) atoms. The fraction of sp³-hybridized carbons (Fsp3) is 0.0435. The zero-order valence-electron chi connectivity index (χ0n) is 15.4. The maximum Gasteiger partial charge on any atom is 0.276 e. The van der Waals surface area contributed by atoms with E-state index in [0.717, 1.165) is 21.5 Å². The van der Waals surface area contributed by atoms with Crippen molar-refractivity contribution in [2.45, 2.75) is 0 Å². The smallest absolute Gasteiger partial charge is 0.276 e. The van der Waals surface area contributed by atoms with Crippen molar-refractivity contribution in [1.82, 2.24) is 10.9 Å². The van der Waals surface area contributed by atoms with Crippen molar-refractivity contribution in [3.05, 3.63) is 84.4 Å². The molecule has 4 aromatic carbocycles. The van der Waals surface area contributed by atoms with Gasteiger partial charge in [-0.2, -0.15) is 0 Å². The number of hydrogen-bond acceptors (Lipinski definition) is 4. The summed E-state index contributed by atoms with van der Waals surface area (Å²) < 4.78 is 5.48. The largest absolute Gasteiger partial charge is 0.507 e. The van der Waals surface area contributed by atoms with Crippen LogP contribution in [-0.4, -0.2) is 23.5 Å². The van der Waals surface area contributed by atoms with Crippen LogP contribution in [0.1, 0.15) is 10.4 Å². The van der Waals surface area contributed by atoms with Crippen LogP contribution in [0, 0.1) is 0 Å².